The molecule has 3 heteroatoms. The van der Waals surface area contributed by atoms with E-state index in [-0.39, 0.29) is 17.0 Å². The molecule has 1 aromatic carbocycles. The average Bonchev–Trinajstić information content (AvgIpc) is 2.81. The van der Waals surface area contributed by atoms with E-state index in [1.165, 1.54) is 22.0 Å². The number of nitrogens with one attached hydrogen (secondary N) is 2. The van der Waals surface area contributed by atoms with E-state index < -0.39 is 0 Å². The van der Waals surface area contributed by atoms with Gasteiger partial charge in [0.2, 0.25) is 0 Å². The molecule has 0 saturated heterocycles. The number of aromatic amines is 2. The fourth-order valence-electron chi connectivity index (χ4n) is 1.93. The Hall–Kier alpha value is -1.87. The van der Waals surface area contributed by atoms with Crippen molar-refractivity contribution >= 4 is 23.1 Å². The summed E-state index contributed by atoms with van der Waals surface area (Å²) >= 11 is 0. The van der Waals surface area contributed by atoms with Gasteiger partial charge < -0.3 is 22.0 Å². The van der Waals surface area contributed by atoms with Crippen LogP contribution in [0.2, 0.25) is 0 Å². The van der Waals surface area contributed by atoms with E-state index in [9.17, 15) is 0 Å². The number of para-hydroxylation sites is 1. The number of fused-ring (bicyclic) bond motifs is 1. The lowest BCUT2D eigenvalue weighted by molar-refractivity contribution is -0.378. The molecule has 0 atom stereocenters. The molecule has 2 heterocycles. The largest absolute Gasteiger partial charge is 1.00 e. The molecule has 3 rings (SSSR count). The highest BCUT2D eigenvalue weighted by atomic mass is 79.9. The monoisotopic (exact) mass is 300 g/mol. The third-order valence-corrected chi connectivity index (χ3v) is 2.82. The first-order valence-electron chi connectivity index (χ1n) is 5.64. The lowest BCUT2D eigenvalue weighted by Gasteiger charge is -1.91. The highest BCUT2D eigenvalue weighted by Gasteiger charge is 1.98. The van der Waals surface area contributed by atoms with Crippen LogP contribution in [-0.4, -0.2) is 4.98 Å². The van der Waals surface area contributed by atoms with Crippen molar-refractivity contribution in [1.82, 2.24) is 4.98 Å². The Labute approximate surface area is 116 Å². The van der Waals surface area contributed by atoms with E-state index >= 15 is 0 Å². The number of hydrogen-bond acceptors (Lipinski definition) is 0. The minimum absolute atomic E-state index is 0. The predicted octanol–water partition coefficient (Wildman–Crippen LogP) is 0.156. The van der Waals surface area contributed by atoms with Crippen LogP contribution in [0.15, 0.2) is 55.0 Å². The van der Waals surface area contributed by atoms with E-state index in [1.54, 1.807) is 0 Å². The second kappa shape index (κ2) is 5.65. The Morgan fingerprint density at radius 1 is 0.944 bits per heavy atom. The zero-order valence-electron chi connectivity index (χ0n) is 9.73. The number of hydrogen-bond donors (Lipinski definition) is 1. The minimum atomic E-state index is 0. The molecule has 0 amide bonds. The smallest absolute Gasteiger partial charge is 0.167 e. The maximum Gasteiger partial charge on any atom is 0.167 e. The molecule has 2 nitrogen and oxygen atoms in total. The maximum atomic E-state index is 3.27. The predicted molar refractivity (Wildman–Crippen MR) is 70.2 cm³/mol. The molecule has 0 aliphatic carbocycles. The maximum absolute atomic E-state index is 3.27. The summed E-state index contributed by atoms with van der Waals surface area (Å²) in [6.45, 7) is 0. The van der Waals surface area contributed by atoms with Crippen molar-refractivity contribution in [1.29, 1.82) is 0 Å². The fourth-order valence-corrected chi connectivity index (χ4v) is 1.93. The minimum Gasteiger partial charge on any atom is -1.00 e. The van der Waals surface area contributed by atoms with Crippen LogP contribution in [0.25, 0.3) is 23.1 Å². The first-order valence-corrected chi connectivity index (χ1v) is 5.64. The van der Waals surface area contributed by atoms with Crippen LogP contribution in [0.4, 0.5) is 0 Å². The van der Waals surface area contributed by atoms with Crippen LogP contribution in [0.5, 0.6) is 0 Å². The van der Waals surface area contributed by atoms with Crippen molar-refractivity contribution in [2.75, 3.05) is 0 Å². The van der Waals surface area contributed by atoms with Gasteiger partial charge in [-0.1, -0.05) is 30.4 Å². The first-order chi connectivity index (χ1) is 8.43. The fraction of sp³-hybridized carbons (Fsp3) is 0. The van der Waals surface area contributed by atoms with Crippen LogP contribution >= 0.6 is 0 Å². The second-order valence-electron chi connectivity index (χ2n) is 3.96. The second-order valence-corrected chi connectivity index (χ2v) is 3.96. The topological polar surface area (TPSA) is 29.9 Å². The standard InChI is InChI=1S/C15H12N2.BrH/c1-2-4-15-14(3-1)13(11-17-15)6-5-12-7-9-16-10-8-12;/h1-11,17H;1H/b6-5+;. The van der Waals surface area contributed by atoms with Gasteiger partial charge in [0.1, 0.15) is 0 Å². The zero-order valence-corrected chi connectivity index (χ0v) is 11.3. The molecule has 0 spiro atoms. The highest BCUT2D eigenvalue weighted by Crippen LogP contribution is 2.19. The van der Waals surface area contributed by atoms with Crippen LogP contribution in [0.1, 0.15) is 11.1 Å². The van der Waals surface area contributed by atoms with E-state index in [0.29, 0.717) is 0 Å². The van der Waals surface area contributed by atoms with Gasteiger partial charge in [-0.3, -0.25) is 0 Å². The van der Waals surface area contributed by atoms with Crippen molar-refractivity contribution in [2.45, 2.75) is 0 Å². The van der Waals surface area contributed by atoms with Gasteiger partial charge in [-0.15, -0.1) is 0 Å². The molecule has 2 aromatic heterocycles. The Kier molecular flexibility index (Phi) is 3.95. The number of aromatic nitrogens is 2. The molecule has 0 saturated carbocycles. The SMILES string of the molecule is C(=C\c1c[nH]c2ccccc12)/c1cc[nH+]cc1.[Br-]. The molecule has 0 bridgehead atoms. The Bertz CT molecular complexity index is 656. The van der Waals surface area contributed by atoms with Crippen molar-refractivity contribution in [3.8, 4) is 0 Å². The van der Waals surface area contributed by atoms with Gasteiger partial charge in [-0.05, 0) is 17.2 Å². The van der Waals surface area contributed by atoms with Crippen LogP contribution in [-0.2, 0) is 0 Å². The molecule has 90 valence electrons. The summed E-state index contributed by atoms with van der Waals surface area (Å²) in [5, 5.41) is 1.26. The molecule has 0 unspecified atom stereocenters. The van der Waals surface area contributed by atoms with E-state index in [2.05, 4.69) is 40.3 Å². The van der Waals surface area contributed by atoms with Crippen molar-refractivity contribution in [2.24, 2.45) is 0 Å². The summed E-state index contributed by atoms with van der Waals surface area (Å²) in [5.74, 6) is 0. The number of halogens is 1. The number of rotatable bonds is 2. The summed E-state index contributed by atoms with van der Waals surface area (Å²) in [7, 11) is 0. The molecule has 0 aliphatic heterocycles. The zero-order chi connectivity index (χ0) is 11.5. The van der Waals surface area contributed by atoms with Gasteiger partial charge in [0.25, 0.3) is 0 Å². The third kappa shape index (κ3) is 2.51. The summed E-state index contributed by atoms with van der Waals surface area (Å²) < 4.78 is 0. The van der Waals surface area contributed by atoms with Gasteiger partial charge in [0.05, 0.1) is 0 Å². The van der Waals surface area contributed by atoms with Crippen molar-refractivity contribution < 1.29 is 22.0 Å². The molecule has 0 aliphatic rings. The van der Waals surface area contributed by atoms with Crippen molar-refractivity contribution in [3.63, 3.8) is 0 Å². The Balaban J connectivity index is 0.00000120. The first kappa shape index (κ1) is 12.6. The van der Waals surface area contributed by atoms with Gasteiger partial charge >= 0.3 is 0 Å². The molecule has 3 aromatic rings. The van der Waals surface area contributed by atoms with E-state index in [4.69, 9.17) is 0 Å². The van der Waals surface area contributed by atoms with Gasteiger partial charge in [-0.2, -0.15) is 0 Å². The average molecular weight is 301 g/mol. The van der Waals surface area contributed by atoms with E-state index in [1.807, 2.05) is 36.8 Å². The molecule has 2 N–H and O–H groups in total. The lowest BCUT2D eigenvalue weighted by Crippen LogP contribution is -3.00. The van der Waals surface area contributed by atoms with E-state index in [0.717, 1.165) is 0 Å². The molecule has 0 fully saturated rings. The summed E-state index contributed by atoms with van der Waals surface area (Å²) in [4.78, 5) is 6.28. The number of H-pyrrole nitrogens is 2. The Morgan fingerprint density at radius 3 is 2.56 bits per heavy atom. The van der Waals surface area contributed by atoms with Gasteiger partial charge in [-0.25, -0.2) is 4.98 Å². The number of pyridine rings is 1. The summed E-state index contributed by atoms with van der Waals surface area (Å²) in [6, 6.07) is 12.4. The number of benzene rings is 1. The highest BCUT2D eigenvalue weighted by molar-refractivity contribution is 5.91. The van der Waals surface area contributed by atoms with Gasteiger partial charge in [0.15, 0.2) is 12.4 Å². The quantitative estimate of drug-likeness (QED) is 0.699. The lowest BCUT2D eigenvalue weighted by atomic mass is 10.1. The molecular weight excluding hydrogens is 288 g/mol. The molecule has 0 radical (unpaired) electrons. The summed E-state index contributed by atoms with van der Waals surface area (Å²) in [6.07, 6.45) is 10.1. The molecular formula is C15H13BrN2. The van der Waals surface area contributed by atoms with Crippen LogP contribution < -0.4 is 22.0 Å². The van der Waals surface area contributed by atoms with Crippen LogP contribution in [0.3, 0.4) is 0 Å². The Morgan fingerprint density at radius 2 is 1.72 bits per heavy atom. The molecule has 18 heavy (non-hydrogen) atoms. The third-order valence-electron chi connectivity index (χ3n) is 2.82. The van der Waals surface area contributed by atoms with Crippen molar-refractivity contribution in [3.05, 3.63) is 66.1 Å². The normalized spacial score (nSPS) is 10.7. The van der Waals surface area contributed by atoms with Crippen LogP contribution in [0, 0.1) is 0 Å². The summed E-state index contributed by atoms with van der Waals surface area (Å²) in [5.41, 5.74) is 3.58. The van der Waals surface area contributed by atoms with Gasteiger partial charge in [0, 0.05) is 29.2 Å².